The number of rotatable bonds is 8. The SMILES string of the molecule is CCNC(=NCc1ccc(F)cc1CSC)NCCC1CCCO1. The summed E-state index contributed by atoms with van der Waals surface area (Å²) in [7, 11) is 0. The Bertz CT molecular complexity index is 533. The highest BCUT2D eigenvalue weighted by atomic mass is 32.2. The highest BCUT2D eigenvalue weighted by Crippen LogP contribution is 2.17. The Morgan fingerprint density at radius 3 is 2.96 bits per heavy atom. The van der Waals surface area contributed by atoms with Crippen molar-refractivity contribution in [3.05, 3.63) is 35.1 Å². The van der Waals surface area contributed by atoms with Crippen LogP contribution in [-0.2, 0) is 17.0 Å². The van der Waals surface area contributed by atoms with Gasteiger partial charge in [-0.15, -0.1) is 0 Å². The Labute approximate surface area is 148 Å². The van der Waals surface area contributed by atoms with Gasteiger partial charge in [-0.2, -0.15) is 11.8 Å². The molecule has 0 spiro atoms. The molecule has 2 N–H and O–H groups in total. The van der Waals surface area contributed by atoms with E-state index >= 15 is 0 Å². The van der Waals surface area contributed by atoms with Crippen LogP contribution in [-0.4, -0.2) is 38.0 Å². The summed E-state index contributed by atoms with van der Waals surface area (Å²) in [5.74, 6) is 1.41. The molecule has 1 aromatic rings. The van der Waals surface area contributed by atoms with E-state index in [1.165, 1.54) is 12.5 Å². The number of benzene rings is 1. The number of thioether (sulfide) groups is 1. The maximum Gasteiger partial charge on any atom is 0.191 e. The lowest BCUT2D eigenvalue weighted by Crippen LogP contribution is -2.38. The molecule has 0 bridgehead atoms. The molecule has 134 valence electrons. The van der Waals surface area contributed by atoms with Gasteiger partial charge in [0.25, 0.3) is 0 Å². The molecule has 1 heterocycles. The molecule has 0 amide bonds. The molecule has 1 aliphatic rings. The maximum absolute atomic E-state index is 13.4. The molecule has 0 saturated carbocycles. The van der Waals surface area contributed by atoms with Gasteiger partial charge < -0.3 is 15.4 Å². The van der Waals surface area contributed by atoms with Gasteiger partial charge in [0, 0.05) is 25.4 Å². The van der Waals surface area contributed by atoms with Gasteiger partial charge in [0.1, 0.15) is 5.82 Å². The lowest BCUT2D eigenvalue weighted by atomic mass is 10.1. The number of hydrogen-bond donors (Lipinski definition) is 2. The van der Waals surface area contributed by atoms with Crippen LogP contribution in [0.15, 0.2) is 23.2 Å². The maximum atomic E-state index is 13.4. The molecule has 1 unspecified atom stereocenters. The molecule has 0 aliphatic carbocycles. The number of hydrogen-bond acceptors (Lipinski definition) is 3. The molecule has 1 atom stereocenters. The van der Waals surface area contributed by atoms with Crippen LogP contribution in [0.5, 0.6) is 0 Å². The van der Waals surface area contributed by atoms with E-state index < -0.39 is 0 Å². The predicted molar refractivity (Wildman–Crippen MR) is 100 cm³/mol. The molecule has 6 heteroatoms. The summed E-state index contributed by atoms with van der Waals surface area (Å²) >= 11 is 1.69. The van der Waals surface area contributed by atoms with E-state index in [-0.39, 0.29) is 5.82 Å². The van der Waals surface area contributed by atoms with Crippen molar-refractivity contribution < 1.29 is 9.13 Å². The number of aliphatic imine (C=N–C) groups is 1. The quantitative estimate of drug-likeness (QED) is 0.556. The summed E-state index contributed by atoms with van der Waals surface area (Å²) in [4.78, 5) is 4.64. The summed E-state index contributed by atoms with van der Waals surface area (Å²) in [6.45, 7) is 5.14. The minimum atomic E-state index is -0.187. The van der Waals surface area contributed by atoms with E-state index in [0.717, 1.165) is 55.4 Å². The Hall–Kier alpha value is -1.27. The topological polar surface area (TPSA) is 45.7 Å². The van der Waals surface area contributed by atoms with Crippen molar-refractivity contribution in [2.75, 3.05) is 26.0 Å². The molecule has 2 rings (SSSR count). The van der Waals surface area contributed by atoms with Crippen molar-refractivity contribution >= 4 is 17.7 Å². The van der Waals surface area contributed by atoms with Crippen LogP contribution in [0.3, 0.4) is 0 Å². The van der Waals surface area contributed by atoms with Crippen molar-refractivity contribution in [2.45, 2.75) is 44.6 Å². The highest BCUT2D eigenvalue weighted by molar-refractivity contribution is 7.97. The van der Waals surface area contributed by atoms with Gasteiger partial charge in [0.2, 0.25) is 0 Å². The lowest BCUT2D eigenvalue weighted by Gasteiger charge is -2.14. The Kier molecular flexibility index (Phi) is 8.39. The zero-order valence-corrected chi connectivity index (χ0v) is 15.4. The predicted octanol–water partition coefficient (Wildman–Crippen LogP) is 3.31. The fraction of sp³-hybridized carbons (Fsp3) is 0.611. The zero-order valence-electron chi connectivity index (χ0n) is 14.6. The third kappa shape index (κ3) is 6.32. The van der Waals surface area contributed by atoms with Gasteiger partial charge in [0.15, 0.2) is 5.96 Å². The first-order chi connectivity index (χ1) is 11.7. The average molecular weight is 354 g/mol. The van der Waals surface area contributed by atoms with Crippen LogP contribution in [0.4, 0.5) is 4.39 Å². The number of ether oxygens (including phenoxy) is 1. The van der Waals surface area contributed by atoms with Gasteiger partial charge in [-0.1, -0.05) is 6.07 Å². The van der Waals surface area contributed by atoms with Crippen molar-refractivity contribution in [1.82, 2.24) is 10.6 Å². The second-order valence-corrected chi connectivity index (χ2v) is 6.76. The van der Waals surface area contributed by atoms with Crippen LogP contribution in [0.1, 0.15) is 37.3 Å². The standard InChI is InChI=1S/C18H28FN3OS/c1-3-20-18(21-9-8-17-5-4-10-23-17)22-12-14-6-7-16(19)11-15(14)13-24-2/h6-7,11,17H,3-5,8-10,12-13H2,1-2H3,(H2,20,21,22). The third-order valence-electron chi connectivity index (χ3n) is 4.00. The zero-order chi connectivity index (χ0) is 17.2. The van der Waals surface area contributed by atoms with E-state index in [0.29, 0.717) is 12.6 Å². The normalized spacial score (nSPS) is 18.0. The van der Waals surface area contributed by atoms with Crippen LogP contribution in [0.2, 0.25) is 0 Å². The molecular formula is C18H28FN3OS. The summed E-state index contributed by atoms with van der Waals surface area (Å²) in [5.41, 5.74) is 2.09. The van der Waals surface area contributed by atoms with E-state index in [1.807, 2.05) is 19.2 Å². The van der Waals surface area contributed by atoms with Crippen molar-refractivity contribution in [2.24, 2.45) is 4.99 Å². The molecule has 1 aromatic carbocycles. The number of guanidine groups is 1. The molecule has 24 heavy (non-hydrogen) atoms. The Balaban J connectivity index is 1.91. The van der Waals surface area contributed by atoms with Crippen molar-refractivity contribution in [1.29, 1.82) is 0 Å². The number of nitrogens with one attached hydrogen (secondary N) is 2. The second kappa shape index (κ2) is 10.6. The number of nitrogens with zero attached hydrogens (tertiary/aromatic N) is 1. The summed E-state index contributed by atoms with van der Waals surface area (Å²) in [5, 5.41) is 6.62. The lowest BCUT2D eigenvalue weighted by molar-refractivity contribution is 0.105. The van der Waals surface area contributed by atoms with E-state index in [4.69, 9.17) is 4.74 Å². The third-order valence-corrected chi connectivity index (χ3v) is 4.60. The van der Waals surface area contributed by atoms with Crippen LogP contribution in [0, 0.1) is 5.82 Å². The summed E-state index contributed by atoms with van der Waals surface area (Å²) in [6.07, 6.45) is 5.73. The van der Waals surface area contributed by atoms with Gasteiger partial charge in [-0.05, 0) is 55.7 Å². The fourth-order valence-electron chi connectivity index (χ4n) is 2.77. The average Bonchev–Trinajstić information content (AvgIpc) is 3.07. The largest absolute Gasteiger partial charge is 0.378 e. The van der Waals surface area contributed by atoms with Crippen LogP contribution in [0.25, 0.3) is 0 Å². The second-order valence-electron chi connectivity index (χ2n) is 5.89. The van der Waals surface area contributed by atoms with E-state index in [2.05, 4.69) is 15.6 Å². The Morgan fingerprint density at radius 2 is 2.25 bits per heavy atom. The fourth-order valence-corrected chi connectivity index (χ4v) is 3.35. The molecular weight excluding hydrogens is 325 g/mol. The van der Waals surface area contributed by atoms with Crippen LogP contribution >= 0.6 is 11.8 Å². The molecule has 1 aliphatic heterocycles. The molecule has 0 aromatic heterocycles. The van der Waals surface area contributed by atoms with Gasteiger partial charge in [-0.3, -0.25) is 0 Å². The smallest absolute Gasteiger partial charge is 0.191 e. The minimum Gasteiger partial charge on any atom is -0.378 e. The molecule has 0 radical (unpaired) electrons. The molecule has 1 fully saturated rings. The van der Waals surface area contributed by atoms with Crippen molar-refractivity contribution in [3.8, 4) is 0 Å². The van der Waals surface area contributed by atoms with Gasteiger partial charge >= 0.3 is 0 Å². The molecule has 1 saturated heterocycles. The van der Waals surface area contributed by atoms with Crippen LogP contribution < -0.4 is 10.6 Å². The highest BCUT2D eigenvalue weighted by Gasteiger charge is 2.14. The molecule has 4 nitrogen and oxygen atoms in total. The summed E-state index contributed by atoms with van der Waals surface area (Å²) in [6, 6.07) is 4.95. The Morgan fingerprint density at radius 1 is 1.38 bits per heavy atom. The first kappa shape index (κ1) is 19.1. The van der Waals surface area contributed by atoms with E-state index in [9.17, 15) is 4.39 Å². The first-order valence-electron chi connectivity index (χ1n) is 8.63. The van der Waals surface area contributed by atoms with Crippen molar-refractivity contribution in [3.63, 3.8) is 0 Å². The minimum absolute atomic E-state index is 0.187. The van der Waals surface area contributed by atoms with Gasteiger partial charge in [0.05, 0.1) is 12.6 Å². The van der Waals surface area contributed by atoms with Gasteiger partial charge in [-0.25, -0.2) is 9.38 Å². The monoisotopic (exact) mass is 353 g/mol. The van der Waals surface area contributed by atoms with E-state index in [1.54, 1.807) is 17.8 Å². The first-order valence-corrected chi connectivity index (χ1v) is 10.0. The number of halogens is 1. The summed E-state index contributed by atoms with van der Waals surface area (Å²) < 4.78 is 19.1.